The summed E-state index contributed by atoms with van der Waals surface area (Å²) in [6.07, 6.45) is 1.08. The van der Waals surface area contributed by atoms with Crippen LogP contribution in [0.25, 0.3) is 11.0 Å². The Morgan fingerprint density at radius 1 is 1.44 bits per heavy atom. The summed E-state index contributed by atoms with van der Waals surface area (Å²) in [5.74, 6) is 1.71. The van der Waals surface area contributed by atoms with Gasteiger partial charge in [0.1, 0.15) is 11.6 Å². The van der Waals surface area contributed by atoms with E-state index in [0.29, 0.717) is 11.4 Å². The number of nitrogens with two attached hydrogens (primary N) is 1. The number of aryl methyl sites for hydroxylation is 2. The van der Waals surface area contributed by atoms with Gasteiger partial charge in [0.25, 0.3) is 0 Å². The molecule has 0 aliphatic carbocycles. The number of hydrogen-bond acceptors (Lipinski definition) is 3. The summed E-state index contributed by atoms with van der Waals surface area (Å²) in [5, 5.41) is 0. The van der Waals surface area contributed by atoms with Crippen LogP contribution in [0.15, 0.2) is 12.1 Å². The highest BCUT2D eigenvalue weighted by atomic mass is 16.5. The van der Waals surface area contributed by atoms with Crippen LogP contribution in [0.4, 0.5) is 5.69 Å². The van der Waals surface area contributed by atoms with Gasteiger partial charge < -0.3 is 15.0 Å². The number of aromatic nitrogens is 2. The number of fused-ring (bicyclic) bond motifs is 1. The maximum Gasteiger partial charge on any atom is 0.144 e. The molecule has 0 atom stereocenters. The normalized spacial score (nSPS) is 10.9. The first-order chi connectivity index (χ1) is 7.67. The van der Waals surface area contributed by atoms with Crippen LogP contribution >= 0.6 is 0 Å². The van der Waals surface area contributed by atoms with E-state index in [1.807, 2.05) is 19.1 Å². The van der Waals surface area contributed by atoms with E-state index in [1.54, 1.807) is 7.11 Å². The number of methoxy groups -OCH3 is 1. The third kappa shape index (κ3) is 1.60. The minimum absolute atomic E-state index is 0.659. The van der Waals surface area contributed by atoms with Crippen molar-refractivity contribution < 1.29 is 4.74 Å². The quantitative estimate of drug-likeness (QED) is 0.806. The third-order valence-electron chi connectivity index (χ3n) is 2.74. The van der Waals surface area contributed by atoms with Crippen LogP contribution in [0.1, 0.15) is 19.2 Å². The SMILES string of the molecule is CCCn1c(C)nc2cc(OC)c(N)cc21. The zero-order valence-electron chi connectivity index (χ0n) is 9.95. The van der Waals surface area contributed by atoms with E-state index in [9.17, 15) is 0 Å². The summed E-state index contributed by atoms with van der Waals surface area (Å²) < 4.78 is 7.37. The van der Waals surface area contributed by atoms with Gasteiger partial charge in [-0.05, 0) is 19.4 Å². The first-order valence-electron chi connectivity index (χ1n) is 5.47. The molecule has 2 N–H and O–H groups in total. The number of nitrogen functional groups attached to an aromatic ring is 1. The van der Waals surface area contributed by atoms with Crippen molar-refractivity contribution >= 4 is 16.7 Å². The van der Waals surface area contributed by atoms with Crippen molar-refractivity contribution in [1.29, 1.82) is 0 Å². The van der Waals surface area contributed by atoms with Gasteiger partial charge in [-0.2, -0.15) is 0 Å². The Morgan fingerprint density at radius 3 is 2.81 bits per heavy atom. The van der Waals surface area contributed by atoms with Crippen molar-refractivity contribution in [3.05, 3.63) is 18.0 Å². The highest BCUT2D eigenvalue weighted by molar-refractivity contribution is 5.83. The van der Waals surface area contributed by atoms with Gasteiger partial charge in [0.15, 0.2) is 0 Å². The topological polar surface area (TPSA) is 53.1 Å². The molecular formula is C12H17N3O. The van der Waals surface area contributed by atoms with Gasteiger partial charge in [-0.15, -0.1) is 0 Å². The average Bonchev–Trinajstić information content (AvgIpc) is 2.55. The Labute approximate surface area is 95.0 Å². The molecule has 0 aliphatic rings. The highest BCUT2D eigenvalue weighted by Gasteiger charge is 2.10. The average molecular weight is 219 g/mol. The summed E-state index contributed by atoms with van der Waals surface area (Å²) in [7, 11) is 1.62. The first-order valence-corrected chi connectivity index (χ1v) is 5.47. The van der Waals surface area contributed by atoms with E-state index in [4.69, 9.17) is 10.5 Å². The van der Waals surface area contributed by atoms with Crippen LogP contribution in [0.2, 0.25) is 0 Å². The Balaban J connectivity index is 2.66. The highest BCUT2D eigenvalue weighted by Crippen LogP contribution is 2.28. The van der Waals surface area contributed by atoms with Crippen molar-refractivity contribution in [3.63, 3.8) is 0 Å². The fourth-order valence-electron chi connectivity index (χ4n) is 1.97. The summed E-state index contributed by atoms with van der Waals surface area (Å²) in [4.78, 5) is 4.51. The van der Waals surface area contributed by atoms with E-state index < -0.39 is 0 Å². The van der Waals surface area contributed by atoms with E-state index in [0.717, 1.165) is 29.8 Å². The lowest BCUT2D eigenvalue weighted by Gasteiger charge is -2.07. The molecule has 4 nitrogen and oxygen atoms in total. The summed E-state index contributed by atoms with van der Waals surface area (Å²) in [5.41, 5.74) is 8.59. The van der Waals surface area contributed by atoms with Crippen molar-refractivity contribution in [2.45, 2.75) is 26.8 Å². The minimum Gasteiger partial charge on any atom is -0.495 e. The minimum atomic E-state index is 0.659. The van der Waals surface area contributed by atoms with Crippen molar-refractivity contribution in [2.75, 3.05) is 12.8 Å². The molecule has 0 radical (unpaired) electrons. The number of hydrogen-bond donors (Lipinski definition) is 1. The molecule has 0 saturated carbocycles. The third-order valence-corrected chi connectivity index (χ3v) is 2.74. The second kappa shape index (κ2) is 4.04. The second-order valence-corrected chi connectivity index (χ2v) is 3.89. The van der Waals surface area contributed by atoms with Crippen molar-refractivity contribution in [1.82, 2.24) is 9.55 Å². The molecule has 0 bridgehead atoms. The number of anilines is 1. The number of benzene rings is 1. The molecule has 16 heavy (non-hydrogen) atoms. The van der Waals surface area contributed by atoms with Crippen LogP contribution in [0.3, 0.4) is 0 Å². The van der Waals surface area contributed by atoms with E-state index in [2.05, 4.69) is 16.5 Å². The van der Waals surface area contributed by atoms with Crippen LogP contribution in [0, 0.1) is 6.92 Å². The largest absolute Gasteiger partial charge is 0.495 e. The number of ether oxygens (including phenoxy) is 1. The fraction of sp³-hybridized carbons (Fsp3) is 0.417. The smallest absolute Gasteiger partial charge is 0.144 e. The predicted octanol–water partition coefficient (Wildman–Crippen LogP) is 2.35. The lowest BCUT2D eigenvalue weighted by Crippen LogP contribution is -1.99. The molecule has 0 amide bonds. The Morgan fingerprint density at radius 2 is 2.19 bits per heavy atom. The van der Waals surface area contributed by atoms with Crippen LogP contribution in [-0.4, -0.2) is 16.7 Å². The molecule has 1 aromatic carbocycles. The number of nitrogens with zero attached hydrogens (tertiary/aromatic N) is 2. The van der Waals surface area contributed by atoms with Crippen LogP contribution in [0.5, 0.6) is 5.75 Å². The van der Waals surface area contributed by atoms with Gasteiger partial charge in [0.2, 0.25) is 0 Å². The summed E-state index contributed by atoms with van der Waals surface area (Å²) >= 11 is 0. The van der Waals surface area contributed by atoms with E-state index in [1.165, 1.54) is 0 Å². The Bertz CT molecular complexity index is 516. The van der Waals surface area contributed by atoms with Gasteiger partial charge in [0.05, 0.1) is 23.8 Å². The van der Waals surface area contributed by atoms with Crippen molar-refractivity contribution in [3.8, 4) is 5.75 Å². The van der Waals surface area contributed by atoms with E-state index >= 15 is 0 Å². The Hall–Kier alpha value is -1.71. The second-order valence-electron chi connectivity index (χ2n) is 3.89. The fourth-order valence-corrected chi connectivity index (χ4v) is 1.97. The molecular weight excluding hydrogens is 202 g/mol. The zero-order valence-corrected chi connectivity index (χ0v) is 9.95. The lowest BCUT2D eigenvalue weighted by molar-refractivity contribution is 0.417. The summed E-state index contributed by atoms with van der Waals surface area (Å²) in [6, 6.07) is 3.83. The molecule has 2 aromatic rings. The van der Waals surface area contributed by atoms with Crippen LogP contribution < -0.4 is 10.5 Å². The lowest BCUT2D eigenvalue weighted by atomic mass is 10.2. The maximum absolute atomic E-state index is 5.91. The molecule has 0 fully saturated rings. The summed E-state index contributed by atoms with van der Waals surface area (Å²) in [6.45, 7) is 5.13. The number of rotatable bonds is 3. The molecule has 4 heteroatoms. The maximum atomic E-state index is 5.91. The van der Waals surface area contributed by atoms with Gasteiger partial charge in [0, 0.05) is 12.6 Å². The van der Waals surface area contributed by atoms with Gasteiger partial charge >= 0.3 is 0 Å². The number of imidazole rings is 1. The zero-order chi connectivity index (χ0) is 11.7. The van der Waals surface area contributed by atoms with E-state index in [-0.39, 0.29) is 0 Å². The molecule has 0 saturated heterocycles. The van der Waals surface area contributed by atoms with Gasteiger partial charge in [-0.3, -0.25) is 0 Å². The molecule has 0 aliphatic heterocycles. The predicted molar refractivity (Wildman–Crippen MR) is 65.7 cm³/mol. The molecule has 2 rings (SSSR count). The van der Waals surface area contributed by atoms with Crippen molar-refractivity contribution in [2.24, 2.45) is 0 Å². The van der Waals surface area contributed by atoms with Crippen LogP contribution in [-0.2, 0) is 6.54 Å². The molecule has 0 unspecified atom stereocenters. The molecule has 1 heterocycles. The van der Waals surface area contributed by atoms with Gasteiger partial charge in [-0.25, -0.2) is 4.98 Å². The molecule has 86 valence electrons. The van der Waals surface area contributed by atoms with Gasteiger partial charge in [-0.1, -0.05) is 6.92 Å². The first kappa shape index (κ1) is 10.8. The molecule has 0 spiro atoms. The Kier molecular flexibility index (Phi) is 2.73. The standard InChI is InChI=1S/C12H17N3O/c1-4-5-15-8(2)14-10-7-12(16-3)9(13)6-11(10)15/h6-7H,4-5,13H2,1-3H3. The monoisotopic (exact) mass is 219 g/mol. The molecule has 1 aromatic heterocycles.